The van der Waals surface area contributed by atoms with Gasteiger partial charge in [-0.1, -0.05) is 0 Å². The predicted octanol–water partition coefficient (Wildman–Crippen LogP) is 1.65. The first-order valence-corrected chi connectivity index (χ1v) is 6.92. The van der Waals surface area contributed by atoms with Crippen molar-refractivity contribution < 1.29 is 22.6 Å². The standard InChI is InChI=1S/C13H13F3N4O2/c14-13(15,16)7-22-12-4-11(18-10-1-2-17-20(10)12)19-5-9-3-8(19)6-21-9/h1-2,4,8-9H,3,5-7H2/t8-,9-/m1/s1. The Morgan fingerprint density at radius 2 is 2.27 bits per heavy atom. The quantitative estimate of drug-likeness (QED) is 0.862. The summed E-state index contributed by atoms with van der Waals surface area (Å²) in [5.74, 6) is 0.631. The van der Waals surface area contributed by atoms with Gasteiger partial charge >= 0.3 is 6.18 Å². The number of alkyl halides is 3. The van der Waals surface area contributed by atoms with E-state index in [1.165, 1.54) is 16.8 Å². The van der Waals surface area contributed by atoms with Gasteiger partial charge in [0.2, 0.25) is 5.88 Å². The summed E-state index contributed by atoms with van der Waals surface area (Å²) in [6.07, 6.45) is -1.83. The summed E-state index contributed by atoms with van der Waals surface area (Å²) in [6.45, 7) is -0.0448. The molecule has 2 bridgehead atoms. The fraction of sp³-hybridized carbons (Fsp3) is 0.538. The van der Waals surface area contributed by atoms with Crippen LogP contribution in [0.3, 0.4) is 0 Å². The van der Waals surface area contributed by atoms with Gasteiger partial charge in [0, 0.05) is 18.7 Å². The van der Waals surface area contributed by atoms with Crippen LogP contribution < -0.4 is 9.64 Å². The summed E-state index contributed by atoms with van der Waals surface area (Å²) < 4.78 is 48.9. The summed E-state index contributed by atoms with van der Waals surface area (Å²) in [5.41, 5.74) is 0.457. The van der Waals surface area contributed by atoms with Crippen LogP contribution in [0.4, 0.5) is 19.0 Å². The topological polar surface area (TPSA) is 51.9 Å². The number of hydrogen-bond acceptors (Lipinski definition) is 5. The molecule has 0 aromatic carbocycles. The van der Waals surface area contributed by atoms with Gasteiger partial charge in [0.05, 0.1) is 24.9 Å². The highest BCUT2D eigenvalue weighted by molar-refractivity contribution is 5.53. The minimum atomic E-state index is -4.40. The molecule has 0 unspecified atom stereocenters. The first kappa shape index (κ1) is 13.6. The number of nitrogens with zero attached hydrogens (tertiary/aromatic N) is 4. The first-order chi connectivity index (χ1) is 10.5. The van der Waals surface area contributed by atoms with Crippen molar-refractivity contribution in [3.05, 3.63) is 18.3 Å². The summed E-state index contributed by atoms with van der Waals surface area (Å²) in [6, 6.07) is 3.36. The Morgan fingerprint density at radius 3 is 2.95 bits per heavy atom. The molecule has 22 heavy (non-hydrogen) atoms. The van der Waals surface area contributed by atoms with Crippen molar-refractivity contribution in [3.63, 3.8) is 0 Å². The average Bonchev–Trinajstić information content (AvgIpc) is 3.18. The smallest absolute Gasteiger partial charge is 0.422 e. The highest BCUT2D eigenvalue weighted by Crippen LogP contribution is 2.33. The number of ether oxygens (including phenoxy) is 2. The molecule has 0 radical (unpaired) electrons. The zero-order chi connectivity index (χ0) is 15.3. The molecule has 0 spiro atoms. The third kappa shape index (κ3) is 2.35. The molecule has 2 saturated heterocycles. The van der Waals surface area contributed by atoms with Gasteiger partial charge in [-0.25, -0.2) is 4.98 Å². The molecule has 0 N–H and O–H groups in total. The van der Waals surface area contributed by atoms with Crippen LogP contribution in [0.2, 0.25) is 0 Å². The molecule has 9 heteroatoms. The highest BCUT2D eigenvalue weighted by atomic mass is 19.4. The second-order valence-corrected chi connectivity index (χ2v) is 5.45. The maximum atomic E-state index is 12.4. The predicted molar refractivity (Wildman–Crippen MR) is 70.0 cm³/mol. The van der Waals surface area contributed by atoms with Crippen LogP contribution in [0.5, 0.6) is 5.88 Å². The third-order valence-corrected chi connectivity index (χ3v) is 3.89. The van der Waals surface area contributed by atoms with E-state index < -0.39 is 12.8 Å². The molecule has 118 valence electrons. The van der Waals surface area contributed by atoms with Gasteiger partial charge in [0.1, 0.15) is 5.82 Å². The molecule has 2 atom stereocenters. The molecule has 2 aliphatic heterocycles. The van der Waals surface area contributed by atoms with E-state index >= 15 is 0 Å². The van der Waals surface area contributed by atoms with E-state index in [1.807, 2.05) is 0 Å². The van der Waals surface area contributed by atoms with E-state index in [1.54, 1.807) is 6.07 Å². The molecule has 2 aromatic rings. The lowest BCUT2D eigenvalue weighted by Gasteiger charge is -2.28. The van der Waals surface area contributed by atoms with Crippen molar-refractivity contribution >= 4 is 11.5 Å². The summed E-state index contributed by atoms with van der Waals surface area (Å²) in [7, 11) is 0. The number of aromatic nitrogens is 3. The molecule has 4 heterocycles. The Kier molecular flexibility index (Phi) is 2.93. The van der Waals surface area contributed by atoms with Crippen molar-refractivity contribution in [2.24, 2.45) is 0 Å². The van der Waals surface area contributed by atoms with Gasteiger partial charge < -0.3 is 14.4 Å². The number of fused-ring (bicyclic) bond motifs is 3. The van der Waals surface area contributed by atoms with Crippen LogP contribution in [-0.4, -0.2) is 52.7 Å². The molecular formula is C13H13F3N4O2. The van der Waals surface area contributed by atoms with Crippen LogP contribution >= 0.6 is 0 Å². The Bertz CT molecular complexity index is 702. The minimum Gasteiger partial charge on any atom is -0.468 e. The first-order valence-electron chi connectivity index (χ1n) is 6.92. The Morgan fingerprint density at radius 1 is 1.41 bits per heavy atom. The Hall–Kier alpha value is -2.03. The summed E-state index contributed by atoms with van der Waals surface area (Å²) in [5, 5.41) is 3.95. The van der Waals surface area contributed by atoms with Gasteiger partial charge in [-0.2, -0.15) is 22.8 Å². The van der Waals surface area contributed by atoms with Crippen LogP contribution in [0.1, 0.15) is 6.42 Å². The minimum absolute atomic E-state index is 0.0333. The normalized spacial score (nSPS) is 24.4. The van der Waals surface area contributed by atoms with E-state index in [9.17, 15) is 13.2 Å². The maximum Gasteiger partial charge on any atom is 0.422 e. The number of anilines is 1. The van der Waals surface area contributed by atoms with Crippen molar-refractivity contribution in [2.75, 3.05) is 24.7 Å². The van der Waals surface area contributed by atoms with Gasteiger partial charge in [0.15, 0.2) is 12.3 Å². The zero-order valence-electron chi connectivity index (χ0n) is 11.5. The van der Waals surface area contributed by atoms with E-state index in [4.69, 9.17) is 9.47 Å². The molecule has 2 aromatic heterocycles. The summed E-state index contributed by atoms with van der Waals surface area (Å²) in [4.78, 5) is 6.51. The van der Waals surface area contributed by atoms with E-state index in [2.05, 4.69) is 15.0 Å². The number of halogens is 3. The summed E-state index contributed by atoms with van der Waals surface area (Å²) >= 11 is 0. The van der Waals surface area contributed by atoms with Crippen molar-refractivity contribution in [3.8, 4) is 5.88 Å². The molecule has 0 aliphatic carbocycles. The number of hydrogen-bond donors (Lipinski definition) is 0. The second-order valence-electron chi connectivity index (χ2n) is 5.45. The lowest BCUT2D eigenvalue weighted by atomic mass is 10.2. The van der Waals surface area contributed by atoms with Gasteiger partial charge in [-0.15, -0.1) is 0 Å². The molecular weight excluding hydrogens is 301 g/mol. The average molecular weight is 314 g/mol. The van der Waals surface area contributed by atoms with Crippen LogP contribution in [0.15, 0.2) is 18.3 Å². The largest absolute Gasteiger partial charge is 0.468 e. The molecule has 0 amide bonds. The molecule has 4 rings (SSSR count). The van der Waals surface area contributed by atoms with Gasteiger partial charge in [-0.3, -0.25) is 0 Å². The van der Waals surface area contributed by atoms with Crippen molar-refractivity contribution in [1.29, 1.82) is 0 Å². The monoisotopic (exact) mass is 314 g/mol. The lowest BCUT2D eigenvalue weighted by Crippen LogP contribution is -2.37. The number of rotatable bonds is 3. The van der Waals surface area contributed by atoms with E-state index in [-0.39, 0.29) is 18.0 Å². The van der Waals surface area contributed by atoms with E-state index in [0.29, 0.717) is 24.6 Å². The molecule has 0 saturated carbocycles. The zero-order valence-corrected chi connectivity index (χ0v) is 11.5. The van der Waals surface area contributed by atoms with Crippen LogP contribution in [0, 0.1) is 0 Å². The maximum absolute atomic E-state index is 12.4. The molecule has 2 fully saturated rings. The molecule has 2 aliphatic rings. The third-order valence-electron chi connectivity index (χ3n) is 3.89. The van der Waals surface area contributed by atoms with E-state index in [0.717, 1.165) is 6.42 Å². The second kappa shape index (κ2) is 4.73. The van der Waals surface area contributed by atoms with Crippen molar-refractivity contribution in [2.45, 2.75) is 24.7 Å². The fourth-order valence-electron chi connectivity index (χ4n) is 2.96. The fourth-order valence-corrected chi connectivity index (χ4v) is 2.96. The van der Waals surface area contributed by atoms with Gasteiger partial charge in [-0.05, 0) is 6.42 Å². The van der Waals surface area contributed by atoms with Crippen LogP contribution in [-0.2, 0) is 4.74 Å². The van der Waals surface area contributed by atoms with Crippen LogP contribution in [0.25, 0.3) is 5.65 Å². The van der Waals surface area contributed by atoms with Crippen molar-refractivity contribution in [1.82, 2.24) is 14.6 Å². The van der Waals surface area contributed by atoms with Gasteiger partial charge in [0.25, 0.3) is 0 Å². The SMILES string of the molecule is FC(F)(F)COc1cc(N2C[C@H]3C[C@@H]2CO3)nc2ccnn12. The Balaban J connectivity index is 1.68. The number of morpholine rings is 1. The lowest BCUT2D eigenvalue weighted by molar-refractivity contribution is -0.154. The Labute approximate surface area is 123 Å². The molecule has 6 nitrogen and oxygen atoms in total. The highest BCUT2D eigenvalue weighted by Gasteiger charge is 2.40.